The molecule has 16 rings (SSSR count). The van der Waals surface area contributed by atoms with Crippen LogP contribution in [0.1, 0.15) is 51.7 Å². The van der Waals surface area contributed by atoms with Crippen molar-refractivity contribution in [2.45, 2.75) is 62.2 Å². The molecular formula is C74H56BN3S2. The van der Waals surface area contributed by atoms with Crippen molar-refractivity contribution in [1.29, 1.82) is 0 Å². The van der Waals surface area contributed by atoms with Crippen molar-refractivity contribution in [2.75, 3.05) is 4.90 Å². The van der Waals surface area contributed by atoms with E-state index in [1.54, 1.807) is 0 Å². The van der Waals surface area contributed by atoms with E-state index in [0.717, 1.165) is 24.9 Å². The Kier molecular flexibility index (Phi) is 10.8. The number of hydrogen-bond acceptors (Lipinski definition) is 3. The summed E-state index contributed by atoms with van der Waals surface area (Å²) in [5.41, 5.74) is 22.6. The van der Waals surface area contributed by atoms with E-state index in [-0.39, 0.29) is 12.1 Å². The van der Waals surface area contributed by atoms with Gasteiger partial charge in [-0.15, -0.1) is 11.3 Å². The lowest BCUT2D eigenvalue weighted by Crippen LogP contribution is -2.60. The van der Waals surface area contributed by atoms with Crippen LogP contribution in [0.5, 0.6) is 0 Å². The summed E-state index contributed by atoms with van der Waals surface area (Å²) in [7, 11) is 0. The largest absolute Gasteiger partial charge is 0.310 e. The van der Waals surface area contributed by atoms with Crippen molar-refractivity contribution in [3.8, 4) is 33.6 Å². The Labute approximate surface area is 475 Å². The summed E-state index contributed by atoms with van der Waals surface area (Å²) < 4.78 is 7.69. The van der Waals surface area contributed by atoms with Crippen molar-refractivity contribution >= 4 is 127 Å². The van der Waals surface area contributed by atoms with E-state index in [2.05, 4.69) is 272 Å². The van der Waals surface area contributed by atoms with Gasteiger partial charge >= 0.3 is 0 Å². The third-order valence-electron chi connectivity index (χ3n) is 17.3. The molecule has 5 heterocycles. The van der Waals surface area contributed by atoms with Crippen LogP contribution >= 0.6 is 23.1 Å². The number of rotatable bonds is 8. The second kappa shape index (κ2) is 18.3. The molecule has 0 atom stereocenters. The normalized spacial score (nSPS) is 13.1. The van der Waals surface area contributed by atoms with Gasteiger partial charge in [0.15, 0.2) is 0 Å². The highest BCUT2D eigenvalue weighted by atomic mass is 32.2. The van der Waals surface area contributed by atoms with Gasteiger partial charge in [0.1, 0.15) is 0 Å². The number of thiophene rings is 1. The lowest BCUT2D eigenvalue weighted by atomic mass is 9.34. The summed E-state index contributed by atoms with van der Waals surface area (Å²) >= 11 is 3.92. The summed E-state index contributed by atoms with van der Waals surface area (Å²) in [4.78, 5) is 5.39. The monoisotopic (exact) mass is 1060 g/mol. The van der Waals surface area contributed by atoms with Crippen LogP contribution in [0.2, 0.25) is 0 Å². The molecule has 14 aromatic rings. The molecule has 0 saturated carbocycles. The molecule has 0 spiro atoms. The quantitative estimate of drug-likeness (QED) is 0.141. The van der Waals surface area contributed by atoms with E-state index in [0.29, 0.717) is 0 Å². The average molecular weight is 1060 g/mol. The van der Waals surface area contributed by atoms with E-state index >= 15 is 0 Å². The molecule has 382 valence electrons. The number of aromatic nitrogens is 2. The summed E-state index contributed by atoms with van der Waals surface area (Å²) in [6, 6.07) is 87.4. The molecule has 0 unspecified atom stereocenters. The maximum absolute atomic E-state index is 2.75. The predicted octanol–water partition coefficient (Wildman–Crippen LogP) is 19.0. The zero-order valence-electron chi connectivity index (χ0n) is 45.3. The van der Waals surface area contributed by atoms with Crippen LogP contribution in [0.3, 0.4) is 0 Å². The topological polar surface area (TPSA) is 13.1 Å². The van der Waals surface area contributed by atoms with E-state index in [4.69, 9.17) is 0 Å². The highest BCUT2D eigenvalue weighted by Gasteiger charge is 2.43. The van der Waals surface area contributed by atoms with Gasteiger partial charge in [-0.2, -0.15) is 0 Å². The van der Waals surface area contributed by atoms with Crippen molar-refractivity contribution in [3.63, 3.8) is 0 Å². The standard InChI is InChI=1S/C74H56BN3S2/c1-5-6-19-48-30-35-57-56-26-15-18-29-68(56)80-73(57)72(48)78-66-44-52(76-62-27-16-13-24-54(62)58-40-49(31-38-64(58)76)46-20-9-7-10-21-46)33-36-60(66)75-61-37-34-53(45-69(61)79-70-43-51(74(2,3)4)42-67(78)71(70)75)77-63-28-17-14-25-55(63)59-41-50(32-39-65(59)77)47-22-11-8-12-23-47/h7-18,20-45H,5-6,19H2,1-4H3. The van der Waals surface area contributed by atoms with Gasteiger partial charge in [0, 0.05) is 69.6 Å². The summed E-state index contributed by atoms with van der Waals surface area (Å²) in [6.07, 6.45) is 3.24. The first-order valence-electron chi connectivity index (χ1n) is 28.3. The van der Waals surface area contributed by atoms with Crippen LogP contribution in [0.15, 0.2) is 240 Å². The molecule has 2 aliphatic heterocycles. The minimum Gasteiger partial charge on any atom is -0.310 e. The fourth-order valence-electron chi connectivity index (χ4n) is 13.4. The predicted molar refractivity (Wildman–Crippen MR) is 346 cm³/mol. The molecule has 3 aromatic heterocycles. The molecule has 80 heavy (non-hydrogen) atoms. The maximum Gasteiger partial charge on any atom is 0.249 e. The molecule has 0 fully saturated rings. The van der Waals surface area contributed by atoms with Gasteiger partial charge < -0.3 is 14.0 Å². The van der Waals surface area contributed by atoms with Crippen LogP contribution in [0.4, 0.5) is 17.1 Å². The lowest BCUT2D eigenvalue weighted by molar-refractivity contribution is 0.589. The second-order valence-electron chi connectivity index (χ2n) is 23.0. The molecule has 0 bridgehead atoms. The molecule has 2 aliphatic rings. The number of benzene rings is 11. The SMILES string of the molecule is CCCCc1ccc2c(sc3ccccc32)c1N1c2cc(-n3c4ccccc4c4cc(-c5ccccc5)ccc43)ccc2B2c3ccc(-n4c5ccccc5c5cc(-c6ccccc6)ccc54)cc3Sc3cc(C(C)(C)C)cc1c32. The number of para-hydroxylation sites is 2. The van der Waals surface area contributed by atoms with E-state index in [1.165, 1.54) is 146 Å². The van der Waals surface area contributed by atoms with Crippen molar-refractivity contribution < 1.29 is 0 Å². The first kappa shape index (κ1) is 47.5. The lowest BCUT2D eigenvalue weighted by Gasteiger charge is -2.42. The number of unbranched alkanes of at least 4 members (excludes halogenated alkanes) is 1. The third kappa shape index (κ3) is 7.28. The number of hydrogen-bond donors (Lipinski definition) is 0. The smallest absolute Gasteiger partial charge is 0.249 e. The van der Waals surface area contributed by atoms with Gasteiger partial charge in [-0.05, 0) is 141 Å². The maximum atomic E-state index is 2.75. The molecule has 6 heteroatoms. The van der Waals surface area contributed by atoms with E-state index in [9.17, 15) is 0 Å². The summed E-state index contributed by atoms with van der Waals surface area (Å²) in [5, 5.41) is 7.69. The average Bonchev–Trinajstić information content (AvgIpc) is 4.30. The van der Waals surface area contributed by atoms with Crippen molar-refractivity contribution in [2.24, 2.45) is 0 Å². The summed E-state index contributed by atoms with van der Waals surface area (Å²) in [5.74, 6) is 0. The van der Waals surface area contributed by atoms with Crippen molar-refractivity contribution in [1.82, 2.24) is 9.13 Å². The fourth-order valence-corrected chi connectivity index (χ4v) is 15.9. The minimum absolute atomic E-state index is 0.00140. The van der Waals surface area contributed by atoms with Gasteiger partial charge in [0.05, 0.1) is 32.5 Å². The molecule has 11 aromatic carbocycles. The van der Waals surface area contributed by atoms with E-state index < -0.39 is 0 Å². The van der Waals surface area contributed by atoms with Gasteiger partial charge in [0.2, 0.25) is 6.71 Å². The zero-order valence-corrected chi connectivity index (χ0v) is 46.9. The Morgan fingerprint density at radius 3 is 1.65 bits per heavy atom. The van der Waals surface area contributed by atoms with Crippen LogP contribution in [0, 0.1) is 0 Å². The number of nitrogens with zero attached hydrogens (tertiary/aromatic N) is 3. The van der Waals surface area contributed by atoms with Gasteiger partial charge in [0.25, 0.3) is 0 Å². The van der Waals surface area contributed by atoms with E-state index in [1.807, 2.05) is 23.1 Å². The molecular weight excluding hydrogens is 1010 g/mol. The highest BCUT2D eigenvalue weighted by molar-refractivity contribution is 8.00. The van der Waals surface area contributed by atoms with Crippen LogP contribution in [-0.4, -0.2) is 15.8 Å². The number of aryl methyl sites for hydroxylation is 1. The Morgan fingerprint density at radius 2 is 1.01 bits per heavy atom. The molecule has 0 saturated heterocycles. The molecule has 3 nitrogen and oxygen atoms in total. The Hall–Kier alpha value is -8.55. The van der Waals surface area contributed by atoms with Crippen LogP contribution in [0.25, 0.3) is 97.4 Å². The number of fused-ring (bicyclic) bond motifs is 13. The van der Waals surface area contributed by atoms with Gasteiger partial charge in [-0.3, -0.25) is 0 Å². The Bertz CT molecular complexity index is 4850. The van der Waals surface area contributed by atoms with Gasteiger partial charge in [-0.25, -0.2) is 0 Å². The Morgan fingerprint density at radius 1 is 0.438 bits per heavy atom. The van der Waals surface area contributed by atoms with Crippen LogP contribution in [-0.2, 0) is 11.8 Å². The Balaban J connectivity index is 0.959. The number of anilines is 3. The molecule has 0 N–H and O–H groups in total. The minimum atomic E-state index is -0.116. The van der Waals surface area contributed by atoms with Crippen molar-refractivity contribution in [3.05, 3.63) is 242 Å². The van der Waals surface area contributed by atoms with Gasteiger partial charge in [-0.1, -0.05) is 203 Å². The molecule has 0 amide bonds. The zero-order chi connectivity index (χ0) is 53.4. The highest BCUT2D eigenvalue weighted by Crippen LogP contribution is 2.51. The summed E-state index contributed by atoms with van der Waals surface area (Å²) in [6.45, 7) is 9.47. The third-order valence-corrected chi connectivity index (χ3v) is 19.6. The van der Waals surface area contributed by atoms with Crippen LogP contribution < -0.4 is 21.3 Å². The second-order valence-corrected chi connectivity index (χ2v) is 25.2. The molecule has 0 aliphatic carbocycles. The first-order valence-corrected chi connectivity index (χ1v) is 30.0. The fraction of sp³-hybridized carbons (Fsp3) is 0.108. The first-order chi connectivity index (χ1) is 39.3. The molecule has 0 radical (unpaired) electrons.